The number of aryl methyl sites for hydroxylation is 1. The number of benzene rings is 1. The highest BCUT2D eigenvalue weighted by atomic mass is 19.4. The van der Waals surface area contributed by atoms with Gasteiger partial charge in [0.05, 0.1) is 13.0 Å². The van der Waals surface area contributed by atoms with Crippen LogP contribution in [0.1, 0.15) is 12.0 Å². The molecule has 1 N–H and O–H groups in total. The number of halogens is 3. The minimum Gasteiger partial charge on any atom is -0.493 e. The van der Waals surface area contributed by atoms with Gasteiger partial charge >= 0.3 is 6.18 Å². The number of rotatable bonds is 4. The molecule has 0 spiro atoms. The molecule has 2 rings (SSSR count). The van der Waals surface area contributed by atoms with Crippen molar-refractivity contribution in [1.29, 1.82) is 0 Å². The summed E-state index contributed by atoms with van der Waals surface area (Å²) in [6, 6.07) is 5.62. The summed E-state index contributed by atoms with van der Waals surface area (Å²) in [7, 11) is 0. The van der Waals surface area contributed by atoms with E-state index in [1.807, 2.05) is 19.1 Å². The maximum absolute atomic E-state index is 12.1. The summed E-state index contributed by atoms with van der Waals surface area (Å²) in [5.74, 6) is 0.521. The first kappa shape index (κ1) is 15.0. The number of nitrogens with zero attached hydrogens (tertiary/aromatic N) is 1. The van der Waals surface area contributed by atoms with Crippen LogP contribution in [0.4, 0.5) is 18.9 Å². The molecule has 0 radical (unpaired) electrons. The van der Waals surface area contributed by atoms with Gasteiger partial charge in [-0.1, -0.05) is 0 Å². The second-order valence-corrected chi connectivity index (χ2v) is 4.90. The third-order valence-electron chi connectivity index (χ3n) is 3.28. The Bertz CT molecular complexity index is 443. The highest BCUT2D eigenvalue weighted by Crippen LogP contribution is 2.26. The van der Waals surface area contributed by atoms with Gasteiger partial charge in [0, 0.05) is 31.9 Å². The van der Waals surface area contributed by atoms with Gasteiger partial charge in [0.15, 0.2) is 0 Å². The van der Waals surface area contributed by atoms with Gasteiger partial charge < -0.3 is 15.0 Å². The zero-order valence-electron chi connectivity index (χ0n) is 11.5. The van der Waals surface area contributed by atoms with Crippen LogP contribution < -0.4 is 15.0 Å². The van der Waals surface area contributed by atoms with E-state index in [-0.39, 0.29) is 6.61 Å². The van der Waals surface area contributed by atoms with Gasteiger partial charge in [0.25, 0.3) is 0 Å². The fraction of sp³-hybridized carbons (Fsp3) is 0.571. The molecule has 1 fully saturated rings. The van der Waals surface area contributed by atoms with E-state index < -0.39 is 12.6 Å². The maximum Gasteiger partial charge on any atom is 0.392 e. The molecule has 0 amide bonds. The Morgan fingerprint density at radius 1 is 1.25 bits per heavy atom. The summed E-state index contributed by atoms with van der Waals surface area (Å²) in [6.07, 6.45) is -5.10. The number of hydrogen-bond acceptors (Lipinski definition) is 3. The van der Waals surface area contributed by atoms with Crippen LogP contribution in [0.15, 0.2) is 18.2 Å². The highest BCUT2D eigenvalue weighted by Gasteiger charge is 2.26. The second-order valence-electron chi connectivity index (χ2n) is 4.90. The molecule has 0 saturated carbocycles. The van der Waals surface area contributed by atoms with E-state index >= 15 is 0 Å². The maximum atomic E-state index is 12.1. The number of nitrogens with one attached hydrogen (secondary N) is 1. The van der Waals surface area contributed by atoms with Crippen molar-refractivity contribution in [2.24, 2.45) is 0 Å². The minimum absolute atomic E-state index is 0.336. The summed E-state index contributed by atoms with van der Waals surface area (Å²) in [5, 5.41) is 3.28. The van der Waals surface area contributed by atoms with Crippen molar-refractivity contribution in [2.75, 3.05) is 37.7 Å². The normalized spacial score (nSPS) is 16.3. The minimum atomic E-state index is -4.17. The van der Waals surface area contributed by atoms with E-state index in [0.717, 1.165) is 37.4 Å². The Morgan fingerprint density at radius 3 is 2.55 bits per heavy atom. The number of piperazine rings is 1. The van der Waals surface area contributed by atoms with E-state index in [4.69, 9.17) is 4.74 Å². The second kappa shape index (κ2) is 6.35. The summed E-state index contributed by atoms with van der Waals surface area (Å²) in [6.45, 7) is 5.29. The Hall–Kier alpha value is -1.43. The molecule has 0 unspecified atom stereocenters. The SMILES string of the molecule is Cc1cc(N2CCNCC2)ccc1OCCC(F)(F)F. The fourth-order valence-electron chi connectivity index (χ4n) is 2.19. The average Bonchev–Trinajstić information content (AvgIpc) is 2.40. The summed E-state index contributed by atoms with van der Waals surface area (Å²) in [5.41, 5.74) is 1.95. The Balaban J connectivity index is 1.95. The average molecular weight is 288 g/mol. The van der Waals surface area contributed by atoms with Crippen molar-refractivity contribution in [3.05, 3.63) is 23.8 Å². The quantitative estimate of drug-likeness (QED) is 0.922. The lowest BCUT2D eigenvalue weighted by Gasteiger charge is -2.30. The van der Waals surface area contributed by atoms with Gasteiger partial charge in [-0.3, -0.25) is 0 Å². The predicted octanol–water partition coefficient (Wildman–Crippen LogP) is 2.74. The van der Waals surface area contributed by atoms with E-state index in [0.29, 0.717) is 5.75 Å². The standard InChI is InChI=1S/C14H19F3N2O/c1-11-10-12(19-7-5-18-6-8-19)2-3-13(11)20-9-4-14(15,16)17/h2-3,10,18H,4-9H2,1H3. The lowest BCUT2D eigenvalue weighted by molar-refractivity contribution is -0.139. The van der Waals surface area contributed by atoms with E-state index in [2.05, 4.69) is 10.2 Å². The molecule has 1 aliphatic rings. The van der Waals surface area contributed by atoms with Crippen molar-refractivity contribution in [3.8, 4) is 5.75 Å². The van der Waals surface area contributed by atoms with Gasteiger partial charge in [0.1, 0.15) is 5.75 Å². The largest absolute Gasteiger partial charge is 0.493 e. The number of anilines is 1. The summed E-state index contributed by atoms with van der Waals surface area (Å²) >= 11 is 0. The molecule has 1 heterocycles. The first-order chi connectivity index (χ1) is 9.46. The van der Waals surface area contributed by atoms with Crippen molar-refractivity contribution in [2.45, 2.75) is 19.5 Å². The van der Waals surface area contributed by atoms with Crippen LogP contribution in [0.3, 0.4) is 0 Å². The molecule has 1 aliphatic heterocycles. The predicted molar refractivity (Wildman–Crippen MR) is 72.4 cm³/mol. The van der Waals surface area contributed by atoms with Crippen LogP contribution in [0.25, 0.3) is 0 Å². The van der Waals surface area contributed by atoms with Crippen molar-refractivity contribution in [1.82, 2.24) is 5.32 Å². The van der Waals surface area contributed by atoms with Gasteiger partial charge in [-0.25, -0.2) is 0 Å². The lowest BCUT2D eigenvalue weighted by atomic mass is 10.1. The zero-order chi connectivity index (χ0) is 14.6. The molecule has 0 bridgehead atoms. The Kier molecular flexibility index (Phi) is 4.75. The van der Waals surface area contributed by atoms with Crippen molar-refractivity contribution >= 4 is 5.69 Å². The van der Waals surface area contributed by atoms with Gasteiger partial charge in [0.2, 0.25) is 0 Å². The van der Waals surface area contributed by atoms with Crippen LogP contribution in [-0.2, 0) is 0 Å². The van der Waals surface area contributed by atoms with E-state index in [1.165, 1.54) is 0 Å². The van der Waals surface area contributed by atoms with Crippen molar-refractivity contribution < 1.29 is 17.9 Å². The van der Waals surface area contributed by atoms with E-state index in [9.17, 15) is 13.2 Å². The Labute approximate surface area is 116 Å². The first-order valence-corrected chi connectivity index (χ1v) is 6.71. The highest BCUT2D eigenvalue weighted by molar-refractivity contribution is 5.53. The molecular formula is C14H19F3N2O. The molecule has 3 nitrogen and oxygen atoms in total. The van der Waals surface area contributed by atoms with Gasteiger partial charge in [-0.2, -0.15) is 13.2 Å². The Morgan fingerprint density at radius 2 is 1.95 bits per heavy atom. The van der Waals surface area contributed by atoms with E-state index in [1.54, 1.807) is 6.07 Å². The molecule has 6 heteroatoms. The monoisotopic (exact) mass is 288 g/mol. The molecule has 20 heavy (non-hydrogen) atoms. The summed E-state index contributed by atoms with van der Waals surface area (Å²) in [4.78, 5) is 2.25. The fourth-order valence-corrected chi connectivity index (χ4v) is 2.19. The zero-order valence-corrected chi connectivity index (χ0v) is 11.5. The van der Waals surface area contributed by atoms with Gasteiger partial charge in [-0.15, -0.1) is 0 Å². The third kappa shape index (κ3) is 4.30. The molecule has 0 aromatic heterocycles. The number of alkyl halides is 3. The number of ether oxygens (including phenoxy) is 1. The molecule has 0 aliphatic carbocycles. The van der Waals surface area contributed by atoms with Gasteiger partial charge in [-0.05, 0) is 30.7 Å². The first-order valence-electron chi connectivity index (χ1n) is 6.71. The third-order valence-corrected chi connectivity index (χ3v) is 3.28. The molecule has 0 atom stereocenters. The van der Waals surface area contributed by atoms with Crippen LogP contribution in [-0.4, -0.2) is 39.0 Å². The van der Waals surface area contributed by atoms with Crippen LogP contribution in [0.5, 0.6) is 5.75 Å². The molecule has 1 saturated heterocycles. The topological polar surface area (TPSA) is 24.5 Å². The summed E-state index contributed by atoms with van der Waals surface area (Å²) < 4.78 is 41.4. The lowest BCUT2D eigenvalue weighted by Crippen LogP contribution is -2.43. The number of hydrogen-bond donors (Lipinski definition) is 1. The molecule has 1 aromatic carbocycles. The smallest absolute Gasteiger partial charge is 0.392 e. The van der Waals surface area contributed by atoms with Crippen LogP contribution in [0, 0.1) is 6.92 Å². The molecular weight excluding hydrogens is 269 g/mol. The molecule has 1 aromatic rings. The van der Waals surface area contributed by atoms with Crippen LogP contribution >= 0.6 is 0 Å². The van der Waals surface area contributed by atoms with Crippen LogP contribution in [0.2, 0.25) is 0 Å². The molecule has 112 valence electrons. The van der Waals surface area contributed by atoms with Crippen molar-refractivity contribution in [3.63, 3.8) is 0 Å².